The van der Waals surface area contributed by atoms with Crippen LogP contribution in [0.2, 0.25) is 0 Å². The molecule has 1 unspecified atom stereocenters. The predicted octanol–water partition coefficient (Wildman–Crippen LogP) is 3.68. The third kappa shape index (κ3) is 2.57. The lowest BCUT2D eigenvalue weighted by Crippen LogP contribution is -2.47. The minimum absolute atomic E-state index is 0.603. The van der Waals surface area contributed by atoms with Crippen molar-refractivity contribution in [2.45, 2.75) is 32.9 Å². The first-order chi connectivity index (χ1) is 9.12. The minimum atomic E-state index is -4.55. The number of benzene rings is 1. The van der Waals surface area contributed by atoms with Gasteiger partial charge in [0.15, 0.2) is 0 Å². The van der Waals surface area contributed by atoms with E-state index in [1.165, 1.54) is 0 Å². The Labute approximate surface area is 115 Å². The molecule has 2 rings (SSSR count). The van der Waals surface area contributed by atoms with Crippen molar-refractivity contribution in [2.75, 3.05) is 0 Å². The van der Waals surface area contributed by atoms with Crippen LogP contribution >= 0.6 is 0 Å². The number of halogens is 3. The highest BCUT2D eigenvalue weighted by Gasteiger charge is 2.46. The average molecular weight is 283 g/mol. The highest BCUT2D eigenvalue weighted by Crippen LogP contribution is 2.42. The quantitative estimate of drug-likeness (QED) is 0.837. The van der Waals surface area contributed by atoms with Crippen LogP contribution in [0, 0.1) is 12.3 Å². The van der Waals surface area contributed by atoms with E-state index in [1.807, 2.05) is 24.4 Å². The monoisotopic (exact) mass is 283 g/mol. The first kappa shape index (κ1) is 14.6. The Morgan fingerprint density at radius 2 is 1.70 bits per heavy atom. The van der Waals surface area contributed by atoms with Crippen LogP contribution in [0.25, 0.3) is 0 Å². The van der Waals surface area contributed by atoms with E-state index in [0.717, 1.165) is 11.6 Å². The van der Waals surface area contributed by atoms with Crippen molar-refractivity contribution in [1.82, 2.24) is 5.32 Å². The maximum atomic E-state index is 12.8. The number of hydrogen-bond donors (Lipinski definition) is 1. The molecule has 1 atom stereocenters. The van der Waals surface area contributed by atoms with Crippen LogP contribution in [-0.2, 0) is 4.79 Å². The number of amides is 1. The summed E-state index contributed by atoms with van der Waals surface area (Å²) in [5.41, 5.74) is -0.180. The maximum absolute atomic E-state index is 12.8. The number of carbonyl (C=O) groups is 1. The second-order valence-corrected chi connectivity index (χ2v) is 5.64. The normalized spacial score (nSPS) is 22.2. The number of rotatable bonds is 1. The number of alkyl halides is 3. The van der Waals surface area contributed by atoms with Crippen molar-refractivity contribution in [1.29, 1.82) is 0 Å². The molecule has 2 nitrogen and oxygen atoms in total. The van der Waals surface area contributed by atoms with Gasteiger partial charge in [-0.15, -0.1) is 0 Å². The molecule has 0 saturated carbocycles. The van der Waals surface area contributed by atoms with Crippen LogP contribution in [-0.4, -0.2) is 12.1 Å². The molecule has 0 fully saturated rings. The van der Waals surface area contributed by atoms with Crippen molar-refractivity contribution in [3.63, 3.8) is 0 Å². The van der Waals surface area contributed by atoms with Crippen LogP contribution < -0.4 is 5.32 Å². The van der Waals surface area contributed by atoms with E-state index in [4.69, 9.17) is 0 Å². The fraction of sp³-hybridized carbons (Fsp3) is 0.400. The van der Waals surface area contributed by atoms with Crippen LogP contribution in [0.15, 0.2) is 36.0 Å². The zero-order chi connectivity index (χ0) is 15.1. The van der Waals surface area contributed by atoms with Crippen LogP contribution in [0.3, 0.4) is 0 Å². The summed E-state index contributed by atoms with van der Waals surface area (Å²) in [5.74, 6) is -1.22. The Bertz CT molecular complexity index is 555. The smallest absolute Gasteiger partial charge is 0.322 e. The summed E-state index contributed by atoms with van der Waals surface area (Å²) in [6.07, 6.45) is -3.44. The lowest BCUT2D eigenvalue weighted by Gasteiger charge is -2.36. The van der Waals surface area contributed by atoms with Crippen LogP contribution in [0.1, 0.15) is 30.9 Å². The molecular weight excluding hydrogens is 267 g/mol. The fourth-order valence-electron chi connectivity index (χ4n) is 2.29. The Balaban J connectivity index is 2.51. The molecule has 1 aromatic carbocycles. The van der Waals surface area contributed by atoms with Crippen molar-refractivity contribution in [3.8, 4) is 0 Å². The molecule has 0 spiro atoms. The zero-order valence-corrected chi connectivity index (χ0v) is 11.5. The van der Waals surface area contributed by atoms with Gasteiger partial charge in [0.1, 0.15) is 5.70 Å². The van der Waals surface area contributed by atoms with Gasteiger partial charge in [-0.2, -0.15) is 13.2 Å². The van der Waals surface area contributed by atoms with Gasteiger partial charge in [0.25, 0.3) is 0 Å². The highest BCUT2D eigenvalue weighted by molar-refractivity contribution is 5.86. The van der Waals surface area contributed by atoms with E-state index in [2.05, 4.69) is 0 Å². The van der Waals surface area contributed by atoms with Crippen LogP contribution in [0.4, 0.5) is 13.2 Å². The molecule has 20 heavy (non-hydrogen) atoms. The molecular formula is C15H16F3NO. The summed E-state index contributed by atoms with van der Waals surface area (Å²) in [5, 5.41) is 1.95. The van der Waals surface area contributed by atoms with Gasteiger partial charge in [-0.25, -0.2) is 0 Å². The first-order valence-electron chi connectivity index (χ1n) is 6.29. The second-order valence-electron chi connectivity index (χ2n) is 5.64. The molecule has 1 aromatic rings. The summed E-state index contributed by atoms with van der Waals surface area (Å²) in [6.45, 7) is 5.20. The summed E-state index contributed by atoms with van der Waals surface area (Å²) in [7, 11) is 0. The van der Waals surface area contributed by atoms with Crippen molar-refractivity contribution in [2.24, 2.45) is 5.41 Å². The standard InChI is InChI=1S/C15H16F3NO/c1-9-4-6-10(7-5-9)11-8-12(15(16,17)18)19-13(20)14(11,2)3/h4-8,11H,1-3H3,(H,19,20). The summed E-state index contributed by atoms with van der Waals surface area (Å²) in [4.78, 5) is 12.0. The molecule has 1 N–H and O–H groups in total. The van der Waals surface area contributed by atoms with E-state index < -0.39 is 29.1 Å². The second kappa shape index (κ2) is 4.65. The molecule has 108 valence electrons. The van der Waals surface area contributed by atoms with Gasteiger partial charge in [-0.05, 0) is 18.6 Å². The zero-order valence-electron chi connectivity index (χ0n) is 11.5. The van der Waals surface area contributed by atoms with Gasteiger partial charge >= 0.3 is 6.18 Å². The third-order valence-corrected chi connectivity index (χ3v) is 3.69. The number of allylic oxidation sites excluding steroid dienone is 2. The molecule has 1 aliphatic rings. The topological polar surface area (TPSA) is 29.1 Å². The summed E-state index contributed by atoms with van der Waals surface area (Å²) < 4.78 is 38.5. The van der Waals surface area contributed by atoms with Gasteiger partial charge in [0, 0.05) is 5.92 Å². The van der Waals surface area contributed by atoms with E-state index in [9.17, 15) is 18.0 Å². The van der Waals surface area contributed by atoms with E-state index in [0.29, 0.717) is 5.56 Å². The van der Waals surface area contributed by atoms with E-state index >= 15 is 0 Å². The molecule has 0 aromatic heterocycles. The molecule has 0 saturated heterocycles. The Morgan fingerprint density at radius 1 is 1.15 bits per heavy atom. The van der Waals surface area contributed by atoms with Gasteiger partial charge in [-0.3, -0.25) is 4.79 Å². The Kier molecular flexibility index (Phi) is 3.40. The number of hydrogen-bond acceptors (Lipinski definition) is 1. The molecule has 1 aliphatic heterocycles. The lowest BCUT2D eigenvalue weighted by molar-refractivity contribution is -0.136. The maximum Gasteiger partial charge on any atom is 0.431 e. The van der Waals surface area contributed by atoms with Crippen molar-refractivity contribution >= 4 is 5.91 Å². The molecule has 0 radical (unpaired) electrons. The molecule has 1 amide bonds. The Hall–Kier alpha value is -1.78. The fourth-order valence-corrected chi connectivity index (χ4v) is 2.29. The van der Waals surface area contributed by atoms with Crippen molar-refractivity contribution < 1.29 is 18.0 Å². The SMILES string of the molecule is Cc1ccc(C2C=C(C(F)(F)F)NC(=O)C2(C)C)cc1. The van der Waals surface area contributed by atoms with E-state index in [-0.39, 0.29) is 0 Å². The first-order valence-corrected chi connectivity index (χ1v) is 6.29. The third-order valence-electron chi connectivity index (χ3n) is 3.69. The molecule has 5 heteroatoms. The average Bonchev–Trinajstić information content (AvgIpc) is 2.32. The summed E-state index contributed by atoms with van der Waals surface area (Å²) >= 11 is 0. The molecule has 1 heterocycles. The lowest BCUT2D eigenvalue weighted by atomic mass is 9.72. The molecule has 0 aliphatic carbocycles. The number of nitrogens with one attached hydrogen (secondary N) is 1. The minimum Gasteiger partial charge on any atom is -0.322 e. The molecule has 0 bridgehead atoms. The van der Waals surface area contributed by atoms with Gasteiger partial charge in [0.05, 0.1) is 5.41 Å². The van der Waals surface area contributed by atoms with Gasteiger partial charge in [-0.1, -0.05) is 43.7 Å². The highest BCUT2D eigenvalue weighted by atomic mass is 19.4. The summed E-state index contributed by atoms with van der Waals surface area (Å²) in [6, 6.07) is 7.20. The van der Waals surface area contributed by atoms with Gasteiger partial charge < -0.3 is 5.32 Å². The van der Waals surface area contributed by atoms with Crippen LogP contribution in [0.5, 0.6) is 0 Å². The number of aryl methyl sites for hydroxylation is 1. The predicted molar refractivity (Wildman–Crippen MR) is 70.0 cm³/mol. The van der Waals surface area contributed by atoms with E-state index in [1.54, 1.807) is 26.0 Å². The Morgan fingerprint density at radius 3 is 2.20 bits per heavy atom. The largest absolute Gasteiger partial charge is 0.431 e. The van der Waals surface area contributed by atoms with Crippen molar-refractivity contribution in [3.05, 3.63) is 47.2 Å². The van der Waals surface area contributed by atoms with Gasteiger partial charge in [0.2, 0.25) is 5.91 Å². The number of carbonyl (C=O) groups excluding carboxylic acids is 1.